The minimum atomic E-state index is -0.424. The molecule has 0 bridgehead atoms. The fraction of sp³-hybridized carbons (Fsp3) is 0.375. The van der Waals surface area contributed by atoms with Crippen LogP contribution in [0.1, 0.15) is 19.5 Å². The number of anilines is 1. The third-order valence-corrected chi connectivity index (χ3v) is 3.45. The van der Waals surface area contributed by atoms with Crippen LogP contribution in [0.3, 0.4) is 0 Å². The average molecular weight is 316 g/mol. The lowest BCUT2D eigenvalue weighted by molar-refractivity contribution is -0.384. The first kappa shape index (κ1) is 16.8. The van der Waals surface area contributed by atoms with Gasteiger partial charge in [0.2, 0.25) is 0 Å². The highest BCUT2D eigenvalue weighted by molar-refractivity contribution is 5.59. The molecule has 1 unspecified atom stereocenters. The van der Waals surface area contributed by atoms with Gasteiger partial charge in [-0.25, -0.2) is 9.97 Å². The molecule has 23 heavy (non-hydrogen) atoms. The molecule has 0 fully saturated rings. The fourth-order valence-electron chi connectivity index (χ4n) is 1.96. The Kier molecular flexibility index (Phi) is 5.59. The summed E-state index contributed by atoms with van der Waals surface area (Å²) in [5, 5.41) is 14.0. The van der Waals surface area contributed by atoms with Gasteiger partial charge in [-0.05, 0) is 25.5 Å². The van der Waals surface area contributed by atoms with E-state index in [2.05, 4.69) is 15.3 Å². The summed E-state index contributed by atoms with van der Waals surface area (Å²) in [7, 11) is 1.66. The maximum Gasteiger partial charge on any atom is 0.269 e. The molecule has 7 nitrogen and oxygen atoms in total. The monoisotopic (exact) mass is 316 g/mol. The van der Waals surface area contributed by atoms with Crippen LogP contribution in [0.5, 0.6) is 0 Å². The van der Waals surface area contributed by atoms with Gasteiger partial charge >= 0.3 is 0 Å². The maximum absolute atomic E-state index is 10.7. The summed E-state index contributed by atoms with van der Waals surface area (Å²) < 4.78 is 5.21. The number of methoxy groups -OCH3 is 1. The first-order valence-corrected chi connectivity index (χ1v) is 7.43. The average Bonchev–Trinajstić information content (AvgIpc) is 2.59. The molecule has 122 valence electrons. The third-order valence-electron chi connectivity index (χ3n) is 3.45. The molecule has 0 spiro atoms. The molecular formula is C16H20N4O3. The lowest BCUT2D eigenvalue weighted by Gasteiger charge is -2.13. The highest BCUT2D eigenvalue weighted by Gasteiger charge is 2.10. The number of hydrogen-bond acceptors (Lipinski definition) is 6. The van der Waals surface area contributed by atoms with E-state index in [-0.39, 0.29) is 11.8 Å². The van der Waals surface area contributed by atoms with Crippen molar-refractivity contribution in [1.82, 2.24) is 9.97 Å². The number of benzene rings is 1. The van der Waals surface area contributed by atoms with E-state index in [1.165, 1.54) is 12.1 Å². The molecule has 0 radical (unpaired) electrons. The molecule has 2 aromatic rings. The number of aryl methyl sites for hydroxylation is 1. The molecular weight excluding hydrogens is 296 g/mol. The number of nitrogens with one attached hydrogen (secondary N) is 1. The number of nitro groups is 1. The molecule has 0 aliphatic carbocycles. The Morgan fingerprint density at radius 3 is 2.57 bits per heavy atom. The molecule has 0 aliphatic rings. The summed E-state index contributed by atoms with van der Waals surface area (Å²) in [4.78, 5) is 19.3. The van der Waals surface area contributed by atoms with E-state index in [0.717, 1.165) is 17.7 Å². The molecule has 7 heteroatoms. The number of rotatable bonds is 7. The largest absolute Gasteiger partial charge is 0.380 e. The van der Waals surface area contributed by atoms with Gasteiger partial charge in [-0.2, -0.15) is 0 Å². The number of aromatic nitrogens is 2. The van der Waals surface area contributed by atoms with E-state index in [0.29, 0.717) is 18.2 Å². The van der Waals surface area contributed by atoms with Gasteiger partial charge in [-0.1, -0.05) is 6.92 Å². The number of ether oxygens (including phenoxy) is 1. The zero-order valence-electron chi connectivity index (χ0n) is 13.4. The maximum atomic E-state index is 10.7. The highest BCUT2D eigenvalue weighted by Crippen LogP contribution is 2.21. The lowest BCUT2D eigenvalue weighted by atomic mass is 10.2. The Bertz CT molecular complexity index is 674. The number of non-ortho nitro benzene ring substituents is 1. The van der Waals surface area contributed by atoms with Crippen molar-refractivity contribution in [3.8, 4) is 11.4 Å². The van der Waals surface area contributed by atoms with Crippen LogP contribution in [0.25, 0.3) is 11.4 Å². The second-order valence-corrected chi connectivity index (χ2v) is 5.15. The van der Waals surface area contributed by atoms with Gasteiger partial charge in [0.15, 0.2) is 5.82 Å². The van der Waals surface area contributed by atoms with Crippen LogP contribution in [0.2, 0.25) is 0 Å². The molecule has 1 aromatic carbocycles. The quantitative estimate of drug-likeness (QED) is 0.623. The van der Waals surface area contributed by atoms with Crippen molar-refractivity contribution in [1.29, 1.82) is 0 Å². The predicted octanol–water partition coefficient (Wildman–Crippen LogP) is 3.06. The molecule has 1 N–H and O–H groups in total. The topological polar surface area (TPSA) is 90.2 Å². The zero-order chi connectivity index (χ0) is 16.8. The Morgan fingerprint density at radius 2 is 2.00 bits per heavy atom. The van der Waals surface area contributed by atoms with Gasteiger partial charge in [0.1, 0.15) is 5.82 Å². The minimum Gasteiger partial charge on any atom is -0.380 e. The molecule has 0 amide bonds. The Balaban J connectivity index is 2.28. The first-order chi connectivity index (χ1) is 11.0. The van der Waals surface area contributed by atoms with Crippen molar-refractivity contribution in [3.05, 3.63) is 46.1 Å². The molecule has 1 heterocycles. The Morgan fingerprint density at radius 1 is 1.30 bits per heavy atom. The van der Waals surface area contributed by atoms with E-state index < -0.39 is 4.92 Å². The predicted molar refractivity (Wildman–Crippen MR) is 88.5 cm³/mol. The van der Waals surface area contributed by atoms with Crippen LogP contribution in [0.15, 0.2) is 30.3 Å². The minimum absolute atomic E-state index is 0.0488. The highest BCUT2D eigenvalue weighted by atomic mass is 16.6. The Hall–Kier alpha value is -2.54. The van der Waals surface area contributed by atoms with Gasteiger partial charge in [0.25, 0.3) is 5.69 Å². The van der Waals surface area contributed by atoms with E-state index in [1.54, 1.807) is 19.2 Å². The van der Waals surface area contributed by atoms with Crippen LogP contribution < -0.4 is 5.32 Å². The lowest BCUT2D eigenvalue weighted by Crippen LogP contribution is -2.19. The van der Waals surface area contributed by atoms with Gasteiger partial charge in [-0.3, -0.25) is 10.1 Å². The number of nitrogens with zero attached hydrogens (tertiary/aromatic N) is 3. The van der Waals surface area contributed by atoms with E-state index in [4.69, 9.17) is 4.74 Å². The summed E-state index contributed by atoms with van der Waals surface area (Å²) in [6.45, 7) is 4.62. The van der Waals surface area contributed by atoms with Gasteiger partial charge < -0.3 is 10.1 Å². The van der Waals surface area contributed by atoms with Crippen molar-refractivity contribution in [2.75, 3.05) is 19.0 Å². The summed E-state index contributed by atoms with van der Waals surface area (Å²) in [5.74, 6) is 1.26. The third kappa shape index (κ3) is 4.46. The molecule has 0 saturated carbocycles. The fourth-order valence-corrected chi connectivity index (χ4v) is 1.96. The van der Waals surface area contributed by atoms with Crippen molar-refractivity contribution in [3.63, 3.8) is 0 Å². The van der Waals surface area contributed by atoms with Crippen LogP contribution in [0, 0.1) is 10.1 Å². The van der Waals surface area contributed by atoms with Gasteiger partial charge in [-0.15, -0.1) is 0 Å². The van der Waals surface area contributed by atoms with Gasteiger partial charge in [0, 0.05) is 43.1 Å². The van der Waals surface area contributed by atoms with Crippen molar-refractivity contribution in [2.24, 2.45) is 0 Å². The van der Waals surface area contributed by atoms with E-state index in [1.807, 2.05) is 19.9 Å². The molecule has 1 aromatic heterocycles. The van der Waals surface area contributed by atoms with Crippen LogP contribution in [-0.2, 0) is 11.2 Å². The molecule has 2 rings (SSSR count). The van der Waals surface area contributed by atoms with Crippen molar-refractivity contribution >= 4 is 11.5 Å². The smallest absolute Gasteiger partial charge is 0.269 e. The SMILES string of the molecule is CCc1cc(NCC(C)OC)nc(-c2ccc([N+](=O)[O-])cc2)n1. The number of nitro benzene ring substituents is 1. The van der Waals surface area contributed by atoms with Crippen LogP contribution in [-0.4, -0.2) is 34.6 Å². The second-order valence-electron chi connectivity index (χ2n) is 5.15. The van der Waals surface area contributed by atoms with Crippen LogP contribution >= 0.6 is 0 Å². The molecule has 0 saturated heterocycles. The summed E-state index contributed by atoms with van der Waals surface area (Å²) in [6, 6.07) is 8.13. The van der Waals surface area contributed by atoms with E-state index >= 15 is 0 Å². The summed E-state index contributed by atoms with van der Waals surface area (Å²) in [5.41, 5.74) is 1.70. The number of hydrogen-bond donors (Lipinski definition) is 1. The Labute approximate surface area is 134 Å². The molecule has 1 atom stereocenters. The zero-order valence-corrected chi connectivity index (χ0v) is 13.4. The normalized spacial score (nSPS) is 12.0. The second kappa shape index (κ2) is 7.64. The molecule has 0 aliphatic heterocycles. The van der Waals surface area contributed by atoms with Gasteiger partial charge in [0.05, 0.1) is 11.0 Å². The van der Waals surface area contributed by atoms with E-state index in [9.17, 15) is 10.1 Å². The first-order valence-electron chi connectivity index (χ1n) is 7.43. The van der Waals surface area contributed by atoms with Crippen molar-refractivity contribution < 1.29 is 9.66 Å². The summed E-state index contributed by atoms with van der Waals surface area (Å²) >= 11 is 0. The summed E-state index contributed by atoms with van der Waals surface area (Å²) in [6.07, 6.45) is 0.842. The van der Waals surface area contributed by atoms with Crippen LogP contribution in [0.4, 0.5) is 11.5 Å². The standard InChI is InChI=1S/C16H20N4O3/c1-4-13-9-15(17-10-11(2)23-3)19-16(18-13)12-5-7-14(8-6-12)20(21)22/h5-9,11H,4,10H2,1-3H3,(H,17,18,19). The van der Waals surface area contributed by atoms with Crippen molar-refractivity contribution in [2.45, 2.75) is 26.4 Å².